The summed E-state index contributed by atoms with van der Waals surface area (Å²) in [5.41, 5.74) is 2.26. The topological polar surface area (TPSA) is 29.1 Å². The van der Waals surface area contributed by atoms with Gasteiger partial charge >= 0.3 is 0 Å². The number of hydrogen-bond acceptors (Lipinski definition) is 1. The van der Waals surface area contributed by atoms with Gasteiger partial charge in [-0.2, -0.15) is 0 Å². The molecule has 3 rings (SSSR count). The zero-order valence-corrected chi connectivity index (χ0v) is 11.1. The maximum atomic E-state index is 12.5. The molecule has 1 amide bonds. The van der Waals surface area contributed by atoms with Gasteiger partial charge in [0.15, 0.2) is 0 Å². The van der Waals surface area contributed by atoms with E-state index in [9.17, 15) is 4.79 Å². The summed E-state index contributed by atoms with van der Waals surface area (Å²) in [5, 5.41) is 2.98. The molecule has 20 heavy (non-hydrogen) atoms. The van der Waals surface area contributed by atoms with Crippen LogP contribution in [0.25, 0.3) is 0 Å². The van der Waals surface area contributed by atoms with E-state index in [1.165, 1.54) is 0 Å². The van der Waals surface area contributed by atoms with Crippen molar-refractivity contribution in [3.05, 3.63) is 65.7 Å². The van der Waals surface area contributed by atoms with E-state index >= 15 is 0 Å². The lowest BCUT2D eigenvalue weighted by atomic mass is 9.95. The van der Waals surface area contributed by atoms with Gasteiger partial charge in [0.25, 0.3) is 0 Å². The summed E-state index contributed by atoms with van der Waals surface area (Å²) < 4.78 is 0. The number of terminal acetylenes is 1. The molecule has 2 heteroatoms. The highest BCUT2D eigenvalue weighted by Crippen LogP contribution is 2.48. The Kier molecular flexibility index (Phi) is 3.04. The number of carbonyl (C=O) groups is 1. The number of carbonyl (C=O) groups excluding carboxylic acids is 1. The molecule has 0 aromatic heterocycles. The van der Waals surface area contributed by atoms with Crippen molar-refractivity contribution >= 4 is 11.6 Å². The van der Waals surface area contributed by atoms with Crippen LogP contribution in [0.4, 0.5) is 5.69 Å². The third kappa shape index (κ3) is 2.19. The van der Waals surface area contributed by atoms with Gasteiger partial charge in [-0.3, -0.25) is 4.79 Å². The van der Waals surface area contributed by atoms with Gasteiger partial charge in [0.05, 0.1) is 5.41 Å². The van der Waals surface area contributed by atoms with E-state index in [0.717, 1.165) is 29.7 Å². The molecule has 0 bridgehead atoms. The quantitative estimate of drug-likeness (QED) is 0.844. The Morgan fingerprint density at radius 3 is 2.50 bits per heavy atom. The van der Waals surface area contributed by atoms with Gasteiger partial charge in [0.1, 0.15) is 0 Å². The maximum absolute atomic E-state index is 12.5. The third-order valence-electron chi connectivity index (χ3n) is 3.80. The Hall–Kier alpha value is -2.53. The van der Waals surface area contributed by atoms with Crippen LogP contribution in [-0.2, 0) is 10.2 Å². The first kappa shape index (κ1) is 12.5. The summed E-state index contributed by atoms with van der Waals surface area (Å²) in [6.45, 7) is 0. The monoisotopic (exact) mass is 261 g/mol. The fourth-order valence-electron chi connectivity index (χ4n) is 2.47. The Balaban J connectivity index is 1.82. The molecular weight excluding hydrogens is 246 g/mol. The van der Waals surface area contributed by atoms with Crippen LogP contribution in [-0.4, -0.2) is 5.91 Å². The van der Waals surface area contributed by atoms with Crippen LogP contribution in [0.1, 0.15) is 24.0 Å². The molecule has 0 unspecified atom stereocenters. The second kappa shape index (κ2) is 4.86. The second-order valence-electron chi connectivity index (χ2n) is 5.13. The van der Waals surface area contributed by atoms with Crippen LogP contribution in [0.15, 0.2) is 54.6 Å². The van der Waals surface area contributed by atoms with Crippen molar-refractivity contribution in [2.45, 2.75) is 18.3 Å². The molecule has 0 atom stereocenters. The summed E-state index contributed by atoms with van der Waals surface area (Å²) in [7, 11) is 0. The molecule has 1 N–H and O–H groups in total. The summed E-state index contributed by atoms with van der Waals surface area (Å²) in [6.07, 6.45) is 7.18. The molecule has 2 aromatic rings. The first-order valence-electron chi connectivity index (χ1n) is 6.68. The minimum absolute atomic E-state index is 0.0536. The number of benzene rings is 2. The number of nitrogens with one attached hydrogen (secondary N) is 1. The molecule has 1 aliphatic carbocycles. The maximum Gasteiger partial charge on any atom is 0.235 e. The van der Waals surface area contributed by atoms with E-state index in [-0.39, 0.29) is 11.3 Å². The average molecular weight is 261 g/mol. The molecule has 0 saturated heterocycles. The SMILES string of the molecule is C#Cc1cccc(NC(=O)C2(c3ccccc3)CC2)c1. The Morgan fingerprint density at radius 2 is 1.85 bits per heavy atom. The van der Waals surface area contributed by atoms with Gasteiger partial charge in [-0.15, -0.1) is 6.42 Å². The van der Waals surface area contributed by atoms with Crippen molar-refractivity contribution < 1.29 is 4.79 Å². The molecule has 0 aliphatic heterocycles. The minimum atomic E-state index is -0.354. The van der Waals surface area contributed by atoms with E-state index in [1.54, 1.807) is 0 Å². The van der Waals surface area contributed by atoms with Crippen LogP contribution in [0.2, 0.25) is 0 Å². The number of rotatable bonds is 3. The highest BCUT2D eigenvalue weighted by atomic mass is 16.2. The molecule has 0 heterocycles. The minimum Gasteiger partial charge on any atom is -0.325 e. The zero-order chi connectivity index (χ0) is 14.0. The third-order valence-corrected chi connectivity index (χ3v) is 3.80. The standard InChI is InChI=1S/C18H15NO/c1-2-14-7-6-10-16(13-14)19-17(20)18(11-12-18)15-8-4-3-5-9-15/h1,3-10,13H,11-12H2,(H,19,20). The summed E-state index contributed by atoms with van der Waals surface area (Å²) in [4.78, 5) is 12.5. The molecule has 0 spiro atoms. The predicted molar refractivity (Wildman–Crippen MR) is 80.4 cm³/mol. The van der Waals surface area contributed by atoms with Crippen LogP contribution < -0.4 is 5.32 Å². The molecule has 1 aliphatic rings. The number of anilines is 1. The lowest BCUT2D eigenvalue weighted by Gasteiger charge is -2.15. The second-order valence-corrected chi connectivity index (χ2v) is 5.13. The van der Waals surface area contributed by atoms with E-state index in [0.29, 0.717) is 0 Å². The van der Waals surface area contributed by atoms with Crippen LogP contribution in [0.3, 0.4) is 0 Å². The molecule has 1 fully saturated rings. The van der Waals surface area contributed by atoms with E-state index in [2.05, 4.69) is 11.2 Å². The smallest absolute Gasteiger partial charge is 0.235 e. The average Bonchev–Trinajstić information content (AvgIpc) is 3.30. The molecule has 1 saturated carbocycles. The first-order valence-corrected chi connectivity index (χ1v) is 6.68. The molecular formula is C18H15NO. The highest BCUT2D eigenvalue weighted by molar-refractivity contribution is 6.01. The van der Waals surface area contributed by atoms with Crippen molar-refractivity contribution in [1.29, 1.82) is 0 Å². The van der Waals surface area contributed by atoms with Crippen molar-refractivity contribution in [1.82, 2.24) is 0 Å². The van der Waals surface area contributed by atoms with Crippen LogP contribution >= 0.6 is 0 Å². The summed E-state index contributed by atoms with van der Waals surface area (Å²) in [6, 6.07) is 17.3. The van der Waals surface area contributed by atoms with Crippen molar-refractivity contribution in [2.24, 2.45) is 0 Å². The normalized spacial score (nSPS) is 15.2. The van der Waals surface area contributed by atoms with Crippen molar-refractivity contribution in [2.75, 3.05) is 5.32 Å². The number of hydrogen-bond donors (Lipinski definition) is 1. The summed E-state index contributed by atoms with van der Waals surface area (Å²) >= 11 is 0. The lowest BCUT2D eigenvalue weighted by molar-refractivity contribution is -0.118. The fraction of sp³-hybridized carbons (Fsp3) is 0.167. The van der Waals surface area contributed by atoms with Gasteiger partial charge in [0, 0.05) is 11.3 Å². The van der Waals surface area contributed by atoms with Gasteiger partial charge in [0.2, 0.25) is 5.91 Å². The number of amides is 1. The first-order chi connectivity index (χ1) is 9.74. The Bertz CT molecular complexity index is 678. The summed E-state index contributed by atoms with van der Waals surface area (Å²) in [5.74, 6) is 2.63. The van der Waals surface area contributed by atoms with Crippen molar-refractivity contribution in [3.63, 3.8) is 0 Å². The Labute approximate surface area is 118 Å². The Morgan fingerprint density at radius 1 is 1.10 bits per heavy atom. The zero-order valence-electron chi connectivity index (χ0n) is 11.1. The van der Waals surface area contributed by atoms with Crippen molar-refractivity contribution in [3.8, 4) is 12.3 Å². The van der Waals surface area contributed by atoms with Crippen LogP contribution in [0, 0.1) is 12.3 Å². The van der Waals surface area contributed by atoms with E-state index in [4.69, 9.17) is 6.42 Å². The predicted octanol–water partition coefficient (Wildman–Crippen LogP) is 3.34. The van der Waals surface area contributed by atoms with E-state index < -0.39 is 0 Å². The molecule has 2 aromatic carbocycles. The molecule has 0 radical (unpaired) electrons. The largest absolute Gasteiger partial charge is 0.325 e. The molecule has 2 nitrogen and oxygen atoms in total. The van der Waals surface area contributed by atoms with E-state index in [1.807, 2.05) is 54.6 Å². The van der Waals surface area contributed by atoms with Gasteiger partial charge < -0.3 is 5.32 Å². The van der Waals surface area contributed by atoms with Gasteiger partial charge in [-0.05, 0) is 36.6 Å². The molecule has 98 valence electrons. The fourth-order valence-corrected chi connectivity index (χ4v) is 2.47. The van der Waals surface area contributed by atoms with Crippen LogP contribution in [0.5, 0.6) is 0 Å². The highest BCUT2D eigenvalue weighted by Gasteiger charge is 2.51. The van der Waals surface area contributed by atoms with Gasteiger partial charge in [-0.25, -0.2) is 0 Å². The lowest BCUT2D eigenvalue weighted by Crippen LogP contribution is -2.27. The van der Waals surface area contributed by atoms with Gasteiger partial charge in [-0.1, -0.05) is 42.3 Å².